The average Bonchev–Trinajstić information content (AvgIpc) is 2.76. The summed E-state index contributed by atoms with van der Waals surface area (Å²) in [5.74, 6) is 0. The molecule has 2 aromatic rings. The van der Waals surface area contributed by atoms with E-state index in [4.69, 9.17) is 5.73 Å². The van der Waals surface area contributed by atoms with E-state index < -0.39 is 0 Å². The van der Waals surface area contributed by atoms with E-state index in [2.05, 4.69) is 24.4 Å². The second-order valence-electron chi connectivity index (χ2n) is 3.66. The predicted molar refractivity (Wildman–Crippen MR) is 71.9 cm³/mol. The molecular formula is C13H16N2S. The van der Waals surface area contributed by atoms with Gasteiger partial charge in [-0.2, -0.15) is 0 Å². The number of hydrogen-bond acceptors (Lipinski definition) is 3. The van der Waals surface area contributed by atoms with Crippen LogP contribution in [-0.4, -0.2) is 0 Å². The van der Waals surface area contributed by atoms with E-state index in [-0.39, 0.29) is 0 Å². The van der Waals surface area contributed by atoms with Crippen LogP contribution in [-0.2, 0) is 13.0 Å². The first-order chi connectivity index (χ1) is 7.79. The molecule has 0 aliphatic carbocycles. The van der Waals surface area contributed by atoms with Crippen LogP contribution in [0.3, 0.4) is 0 Å². The molecule has 0 aliphatic heterocycles. The molecule has 0 fully saturated rings. The van der Waals surface area contributed by atoms with E-state index in [1.807, 2.05) is 35.6 Å². The molecule has 3 N–H and O–H groups in total. The Kier molecular flexibility index (Phi) is 3.47. The molecular weight excluding hydrogens is 216 g/mol. The molecule has 0 atom stereocenters. The fourth-order valence-corrected chi connectivity index (χ4v) is 2.45. The summed E-state index contributed by atoms with van der Waals surface area (Å²) in [6.45, 7) is 3.02. The first-order valence-electron chi connectivity index (χ1n) is 5.45. The Morgan fingerprint density at radius 3 is 2.56 bits per heavy atom. The lowest BCUT2D eigenvalue weighted by Crippen LogP contribution is -2.00. The van der Waals surface area contributed by atoms with Crippen LogP contribution in [0.1, 0.15) is 16.7 Å². The standard InChI is InChI=1S/C13H16N2S/c1-2-10-7-8-11(16-10)9-15-13-6-4-3-5-12(13)14/h3-8,15H,2,9,14H2,1H3. The van der Waals surface area contributed by atoms with Crippen molar-refractivity contribution in [1.29, 1.82) is 0 Å². The SMILES string of the molecule is CCc1ccc(CNc2ccccc2N)s1. The molecule has 16 heavy (non-hydrogen) atoms. The number of hydrogen-bond donors (Lipinski definition) is 2. The first kappa shape index (κ1) is 11.0. The van der Waals surface area contributed by atoms with Crippen LogP contribution in [0.15, 0.2) is 36.4 Å². The fourth-order valence-electron chi connectivity index (χ4n) is 1.55. The molecule has 0 radical (unpaired) electrons. The van der Waals surface area contributed by atoms with Gasteiger partial charge in [0.2, 0.25) is 0 Å². The number of para-hydroxylation sites is 2. The van der Waals surface area contributed by atoms with Gasteiger partial charge >= 0.3 is 0 Å². The fraction of sp³-hybridized carbons (Fsp3) is 0.231. The molecule has 0 saturated heterocycles. The second-order valence-corrected chi connectivity index (χ2v) is 4.92. The zero-order valence-electron chi connectivity index (χ0n) is 9.36. The highest BCUT2D eigenvalue weighted by molar-refractivity contribution is 7.12. The highest BCUT2D eigenvalue weighted by Gasteiger charge is 2.00. The summed E-state index contributed by atoms with van der Waals surface area (Å²) in [6, 6.07) is 12.2. The Hall–Kier alpha value is -1.48. The van der Waals surface area contributed by atoms with Crippen molar-refractivity contribution in [3.63, 3.8) is 0 Å². The molecule has 0 spiro atoms. The van der Waals surface area contributed by atoms with Crippen molar-refractivity contribution in [2.24, 2.45) is 0 Å². The third-order valence-electron chi connectivity index (χ3n) is 2.48. The van der Waals surface area contributed by atoms with Crippen molar-refractivity contribution in [2.45, 2.75) is 19.9 Å². The van der Waals surface area contributed by atoms with Gasteiger partial charge < -0.3 is 11.1 Å². The number of anilines is 2. The molecule has 0 unspecified atom stereocenters. The third-order valence-corrected chi connectivity index (χ3v) is 3.71. The summed E-state index contributed by atoms with van der Waals surface area (Å²) in [7, 11) is 0. The van der Waals surface area contributed by atoms with Crippen molar-refractivity contribution in [3.05, 3.63) is 46.2 Å². The quantitative estimate of drug-likeness (QED) is 0.792. The summed E-state index contributed by atoms with van der Waals surface area (Å²) in [5.41, 5.74) is 7.67. The summed E-state index contributed by atoms with van der Waals surface area (Å²) < 4.78 is 0. The van der Waals surface area contributed by atoms with Crippen molar-refractivity contribution in [2.75, 3.05) is 11.1 Å². The lowest BCUT2D eigenvalue weighted by Gasteiger charge is -2.07. The maximum absolute atomic E-state index is 5.86. The second kappa shape index (κ2) is 5.03. The highest BCUT2D eigenvalue weighted by Crippen LogP contribution is 2.21. The number of aryl methyl sites for hydroxylation is 1. The number of nitrogens with one attached hydrogen (secondary N) is 1. The molecule has 2 nitrogen and oxygen atoms in total. The van der Waals surface area contributed by atoms with Gasteiger partial charge in [0.05, 0.1) is 11.4 Å². The third kappa shape index (κ3) is 2.55. The molecule has 2 rings (SSSR count). The Morgan fingerprint density at radius 1 is 1.12 bits per heavy atom. The minimum atomic E-state index is 0.801. The van der Waals surface area contributed by atoms with Crippen molar-refractivity contribution < 1.29 is 0 Å². The van der Waals surface area contributed by atoms with E-state index in [9.17, 15) is 0 Å². The number of nitrogen functional groups attached to an aromatic ring is 1. The van der Waals surface area contributed by atoms with Gasteiger partial charge in [-0.05, 0) is 30.7 Å². The van der Waals surface area contributed by atoms with Crippen molar-refractivity contribution in [1.82, 2.24) is 0 Å². The summed E-state index contributed by atoms with van der Waals surface area (Å²) in [4.78, 5) is 2.78. The minimum absolute atomic E-state index is 0.801. The van der Waals surface area contributed by atoms with Gasteiger partial charge in [0.25, 0.3) is 0 Å². The summed E-state index contributed by atoms with van der Waals surface area (Å²) in [6.07, 6.45) is 1.11. The Morgan fingerprint density at radius 2 is 1.88 bits per heavy atom. The van der Waals surface area contributed by atoms with Crippen LogP contribution in [0.4, 0.5) is 11.4 Å². The van der Waals surface area contributed by atoms with E-state index in [0.29, 0.717) is 0 Å². The molecule has 1 aromatic heterocycles. The molecule has 1 aromatic carbocycles. The topological polar surface area (TPSA) is 38.0 Å². The largest absolute Gasteiger partial charge is 0.397 e. The Bertz CT molecular complexity index is 462. The maximum atomic E-state index is 5.86. The van der Waals surface area contributed by atoms with Crippen LogP contribution in [0.25, 0.3) is 0 Å². The highest BCUT2D eigenvalue weighted by atomic mass is 32.1. The predicted octanol–water partition coefficient (Wildman–Crippen LogP) is 3.50. The van der Waals surface area contributed by atoms with Crippen LogP contribution < -0.4 is 11.1 Å². The average molecular weight is 232 g/mol. The first-order valence-corrected chi connectivity index (χ1v) is 6.27. The van der Waals surface area contributed by atoms with E-state index in [0.717, 1.165) is 24.3 Å². The zero-order valence-corrected chi connectivity index (χ0v) is 10.2. The molecule has 0 aliphatic rings. The smallest absolute Gasteiger partial charge is 0.0576 e. The maximum Gasteiger partial charge on any atom is 0.0576 e. The van der Waals surface area contributed by atoms with Gasteiger partial charge in [-0.1, -0.05) is 19.1 Å². The van der Waals surface area contributed by atoms with Crippen LogP contribution in [0, 0.1) is 0 Å². The summed E-state index contributed by atoms with van der Waals surface area (Å²) >= 11 is 1.85. The van der Waals surface area contributed by atoms with Crippen molar-refractivity contribution in [3.8, 4) is 0 Å². The van der Waals surface area contributed by atoms with Gasteiger partial charge in [-0.3, -0.25) is 0 Å². The zero-order chi connectivity index (χ0) is 11.4. The van der Waals surface area contributed by atoms with Gasteiger partial charge in [-0.15, -0.1) is 11.3 Å². The van der Waals surface area contributed by atoms with Crippen LogP contribution >= 0.6 is 11.3 Å². The normalized spacial score (nSPS) is 10.3. The number of nitrogens with two attached hydrogens (primary N) is 1. The van der Waals surface area contributed by atoms with Gasteiger partial charge in [0, 0.05) is 16.3 Å². The van der Waals surface area contributed by atoms with Gasteiger partial charge in [0.15, 0.2) is 0 Å². The molecule has 1 heterocycles. The van der Waals surface area contributed by atoms with Gasteiger partial charge in [0.1, 0.15) is 0 Å². The van der Waals surface area contributed by atoms with E-state index in [1.54, 1.807) is 0 Å². The minimum Gasteiger partial charge on any atom is -0.397 e. The lowest BCUT2D eigenvalue weighted by molar-refractivity contribution is 1.19. The molecule has 84 valence electrons. The van der Waals surface area contributed by atoms with Crippen LogP contribution in [0.5, 0.6) is 0 Å². The van der Waals surface area contributed by atoms with Crippen molar-refractivity contribution >= 4 is 22.7 Å². The Labute approximate surface area is 100 Å². The number of rotatable bonds is 4. The van der Waals surface area contributed by atoms with Crippen LogP contribution in [0.2, 0.25) is 0 Å². The molecule has 0 saturated carbocycles. The molecule has 0 bridgehead atoms. The lowest BCUT2D eigenvalue weighted by atomic mass is 10.2. The monoisotopic (exact) mass is 232 g/mol. The molecule has 3 heteroatoms. The van der Waals surface area contributed by atoms with Gasteiger partial charge in [-0.25, -0.2) is 0 Å². The molecule has 0 amide bonds. The number of thiophene rings is 1. The summed E-state index contributed by atoms with van der Waals surface area (Å²) in [5, 5.41) is 3.35. The van der Waals surface area contributed by atoms with E-state index >= 15 is 0 Å². The Balaban J connectivity index is 1.99. The number of benzene rings is 1. The van der Waals surface area contributed by atoms with E-state index in [1.165, 1.54) is 9.75 Å².